The van der Waals surface area contributed by atoms with Crippen LogP contribution in [0, 0.1) is 5.92 Å². The second-order valence-corrected chi connectivity index (χ2v) is 10.1. The fourth-order valence-corrected chi connectivity index (χ4v) is 5.33. The molecule has 1 heterocycles. The molecule has 0 aromatic heterocycles. The monoisotopic (exact) mass is 450 g/mol. The highest BCUT2D eigenvalue weighted by Crippen LogP contribution is 2.23. The summed E-state index contributed by atoms with van der Waals surface area (Å²) in [5.41, 5.74) is 0.637. The molecule has 1 saturated heterocycles. The molecule has 4 rings (SSSR count). The lowest BCUT2D eigenvalue weighted by Crippen LogP contribution is -2.46. The standard InChI is InChI=1S/C25H26N2O4S/c28-24(26-15-17-32(30,31)21-11-2-1-3-12-21)20-10-7-16-27(18-20)25(29)23-14-6-9-19-8-4-5-13-22(19)23/h1-6,8-9,11-14,20H,7,10,15-18H2,(H,26,28). The number of nitrogens with zero attached hydrogens (tertiary/aromatic N) is 1. The topological polar surface area (TPSA) is 83.6 Å². The molecule has 3 aromatic rings. The van der Waals surface area contributed by atoms with E-state index in [1.807, 2.05) is 42.5 Å². The van der Waals surface area contributed by atoms with Gasteiger partial charge in [0.05, 0.1) is 16.6 Å². The van der Waals surface area contributed by atoms with E-state index >= 15 is 0 Å². The second-order valence-electron chi connectivity index (χ2n) is 8.04. The Labute approximate surface area is 188 Å². The summed E-state index contributed by atoms with van der Waals surface area (Å²) in [6.07, 6.45) is 1.41. The van der Waals surface area contributed by atoms with Gasteiger partial charge in [0.15, 0.2) is 9.84 Å². The number of hydrogen-bond acceptors (Lipinski definition) is 4. The van der Waals surface area contributed by atoms with E-state index in [1.54, 1.807) is 35.2 Å². The van der Waals surface area contributed by atoms with Crippen LogP contribution >= 0.6 is 0 Å². The van der Waals surface area contributed by atoms with Crippen LogP contribution in [0.5, 0.6) is 0 Å². The van der Waals surface area contributed by atoms with Crippen LogP contribution in [0.4, 0.5) is 0 Å². The number of benzene rings is 3. The summed E-state index contributed by atoms with van der Waals surface area (Å²) < 4.78 is 24.8. The van der Waals surface area contributed by atoms with Crippen molar-refractivity contribution < 1.29 is 18.0 Å². The summed E-state index contributed by atoms with van der Waals surface area (Å²) in [6, 6.07) is 21.6. The van der Waals surface area contributed by atoms with Crippen molar-refractivity contribution in [2.24, 2.45) is 5.92 Å². The van der Waals surface area contributed by atoms with Crippen molar-refractivity contribution >= 4 is 32.4 Å². The first kappa shape index (κ1) is 22.0. The van der Waals surface area contributed by atoms with Gasteiger partial charge >= 0.3 is 0 Å². The van der Waals surface area contributed by atoms with Crippen LogP contribution in [0.25, 0.3) is 10.8 Å². The fourth-order valence-electron chi connectivity index (χ4n) is 4.16. The molecule has 0 bridgehead atoms. The van der Waals surface area contributed by atoms with E-state index in [-0.39, 0.29) is 34.9 Å². The molecular weight excluding hydrogens is 424 g/mol. The van der Waals surface area contributed by atoms with Crippen molar-refractivity contribution in [2.45, 2.75) is 17.7 Å². The van der Waals surface area contributed by atoms with Crippen molar-refractivity contribution in [1.82, 2.24) is 10.2 Å². The van der Waals surface area contributed by atoms with E-state index in [9.17, 15) is 18.0 Å². The minimum absolute atomic E-state index is 0.0455. The molecule has 32 heavy (non-hydrogen) atoms. The smallest absolute Gasteiger partial charge is 0.254 e. The summed E-state index contributed by atoms with van der Waals surface area (Å²) in [5.74, 6) is -0.787. The highest BCUT2D eigenvalue weighted by atomic mass is 32.2. The molecule has 3 aromatic carbocycles. The van der Waals surface area contributed by atoms with Crippen molar-refractivity contribution in [3.8, 4) is 0 Å². The van der Waals surface area contributed by atoms with Crippen molar-refractivity contribution in [3.05, 3.63) is 78.4 Å². The molecule has 0 spiro atoms. The summed E-state index contributed by atoms with van der Waals surface area (Å²) >= 11 is 0. The van der Waals surface area contributed by atoms with Gasteiger partial charge in [0.25, 0.3) is 5.91 Å². The van der Waals surface area contributed by atoms with Crippen LogP contribution in [0.15, 0.2) is 77.7 Å². The predicted octanol–water partition coefficient (Wildman–Crippen LogP) is 3.28. The van der Waals surface area contributed by atoms with E-state index in [2.05, 4.69) is 5.32 Å². The highest BCUT2D eigenvalue weighted by molar-refractivity contribution is 7.91. The Morgan fingerprint density at radius 1 is 0.938 bits per heavy atom. The Kier molecular flexibility index (Phi) is 6.55. The van der Waals surface area contributed by atoms with Gasteiger partial charge in [-0.05, 0) is 41.8 Å². The van der Waals surface area contributed by atoms with Gasteiger partial charge in [-0.2, -0.15) is 0 Å². The van der Waals surface area contributed by atoms with Crippen LogP contribution in [-0.2, 0) is 14.6 Å². The number of likely N-dealkylation sites (tertiary alicyclic amines) is 1. The number of carbonyl (C=O) groups is 2. The van der Waals surface area contributed by atoms with Crippen molar-refractivity contribution in [3.63, 3.8) is 0 Å². The summed E-state index contributed by atoms with van der Waals surface area (Å²) in [4.78, 5) is 27.9. The lowest BCUT2D eigenvalue weighted by Gasteiger charge is -2.32. The van der Waals surface area contributed by atoms with Crippen LogP contribution in [0.3, 0.4) is 0 Å². The molecule has 2 amide bonds. The van der Waals surface area contributed by atoms with Gasteiger partial charge in [-0.15, -0.1) is 0 Å². The quantitative estimate of drug-likeness (QED) is 0.625. The van der Waals surface area contributed by atoms with E-state index in [0.717, 1.165) is 17.2 Å². The largest absolute Gasteiger partial charge is 0.355 e. The van der Waals surface area contributed by atoms with E-state index in [1.165, 1.54) is 0 Å². The number of amides is 2. The number of fused-ring (bicyclic) bond motifs is 1. The molecule has 1 fully saturated rings. The number of nitrogens with one attached hydrogen (secondary N) is 1. The van der Waals surface area contributed by atoms with Gasteiger partial charge in [0, 0.05) is 25.2 Å². The molecule has 0 saturated carbocycles. The normalized spacial score (nSPS) is 16.6. The molecule has 7 heteroatoms. The molecule has 6 nitrogen and oxygen atoms in total. The molecule has 1 atom stereocenters. The zero-order chi connectivity index (χ0) is 22.6. The zero-order valence-corrected chi connectivity index (χ0v) is 18.6. The summed E-state index contributed by atoms with van der Waals surface area (Å²) in [5, 5.41) is 4.66. The SMILES string of the molecule is O=C(NCCS(=O)(=O)c1ccccc1)C1CCCN(C(=O)c2cccc3ccccc23)C1. The molecule has 1 aliphatic rings. The first-order valence-corrected chi connectivity index (χ1v) is 12.4. The maximum Gasteiger partial charge on any atom is 0.254 e. The average Bonchev–Trinajstić information content (AvgIpc) is 2.83. The van der Waals surface area contributed by atoms with Crippen LogP contribution < -0.4 is 5.32 Å². The average molecular weight is 451 g/mol. The van der Waals surface area contributed by atoms with Gasteiger partial charge in [-0.1, -0.05) is 54.6 Å². The van der Waals surface area contributed by atoms with E-state index in [4.69, 9.17) is 0 Å². The minimum atomic E-state index is -3.45. The van der Waals surface area contributed by atoms with E-state index < -0.39 is 9.84 Å². The number of piperidine rings is 1. The van der Waals surface area contributed by atoms with Gasteiger partial charge in [-0.3, -0.25) is 9.59 Å². The van der Waals surface area contributed by atoms with Crippen LogP contribution in [0.1, 0.15) is 23.2 Å². The Morgan fingerprint density at radius 2 is 1.66 bits per heavy atom. The van der Waals surface area contributed by atoms with Crippen LogP contribution in [0.2, 0.25) is 0 Å². The number of sulfone groups is 1. The van der Waals surface area contributed by atoms with Crippen LogP contribution in [-0.4, -0.2) is 50.5 Å². The summed E-state index contributed by atoms with van der Waals surface area (Å²) in [7, 11) is -3.45. The maximum atomic E-state index is 13.2. The fraction of sp³-hybridized carbons (Fsp3) is 0.280. The molecule has 1 aliphatic heterocycles. The third-order valence-electron chi connectivity index (χ3n) is 5.87. The Balaban J connectivity index is 1.37. The van der Waals surface area contributed by atoms with Crippen molar-refractivity contribution in [2.75, 3.05) is 25.4 Å². The number of hydrogen-bond donors (Lipinski definition) is 1. The summed E-state index contributed by atoms with van der Waals surface area (Å²) in [6.45, 7) is 0.984. The molecular formula is C25H26N2O4S. The third-order valence-corrected chi connectivity index (χ3v) is 7.60. The first-order valence-electron chi connectivity index (χ1n) is 10.8. The predicted molar refractivity (Wildman–Crippen MR) is 124 cm³/mol. The number of carbonyl (C=O) groups excluding carboxylic acids is 2. The second kappa shape index (κ2) is 9.53. The maximum absolute atomic E-state index is 13.2. The molecule has 1 N–H and O–H groups in total. The number of rotatable bonds is 6. The molecule has 166 valence electrons. The van der Waals surface area contributed by atoms with E-state index in [0.29, 0.717) is 25.1 Å². The Bertz CT molecular complexity index is 1220. The third kappa shape index (κ3) is 4.83. The lowest BCUT2D eigenvalue weighted by atomic mass is 9.95. The zero-order valence-electron chi connectivity index (χ0n) is 17.7. The minimum Gasteiger partial charge on any atom is -0.355 e. The molecule has 1 unspecified atom stereocenters. The highest BCUT2D eigenvalue weighted by Gasteiger charge is 2.29. The van der Waals surface area contributed by atoms with Gasteiger partial charge in [-0.25, -0.2) is 8.42 Å². The Morgan fingerprint density at radius 3 is 2.47 bits per heavy atom. The van der Waals surface area contributed by atoms with Gasteiger partial charge in [0.2, 0.25) is 5.91 Å². The molecule has 0 radical (unpaired) electrons. The lowest BCUT2D eigenvalue weighted by molar-refractivity contribution is -0.126. The first-order chi connectivity index (χ1) is 15.5. The molecule has 0 aliphatic carbocycles. The Hall–Kier alpha value is -3.19. The van der Waals surface area contributed by atoms with Gasteiger partial charge in [0.1, 0.15) is 0 Å². The van der Waals surface area contributed by atoms with Gasteiger partial charge < -0.3 is 10.2 Å². The van der Waals surface area contributed by atoms with Crippen molar-refractivity contribution in [1.29, 1.82) is 0 Å².